The normalized spacial score (nSPS) is 18.8. The Morgan fingerprint density at radius 1 is 1.29 bits per heavy atom. The Kier molecular flexibility index (Phi) is 5.82. The van der Waals surface area contributed by atoms with Crippen LogP contribution < -0.4 is 10.1 Å². The van der Waals surface area contributed by atoms with Gasteiger partial charge in [0.1, 0.15) is 5.75 Å². The Labute approximate surface area is 141 Å². The third kappa shape index (κ3) is 4.47. The van der Waals surface area contributed by atoms with Crippen LogP contribution in [0.5, 0.6) is 5.75 Å². The molecule has 1 N–H and O–H groups in total. The third-order valence-electron chi connectivity index (χ3n) is 4.06. The molecule has 0 bridgehead atoms. The van der Waals surface area contributed by atoms with Gasteiger partial charge in [-0.25, -0.2) is 8.42 Å². The zero-order chi connectivity index (χ0) is 17.7. The first-order valence-corrected chi connectivity index (χ1v) is 9.60. The second-order valence-corrected chi connectivity index (χ2v) is 7.88. The van der Waals surface area contributed by atoms with Crippen molar-refractivity contribution in [1.82, 2.24) is 10.2 Å². The molecule has 24 heavy (non-hydrogen) atoms. The topological polar surface area (TPSA) is 92.8 Å². The van der Waals surface area contributed by atoms with E-state index in [0.29, 0.717) is 24.3 Å². The van der Waals surface area contributed by atoms with E-state index in [1.807, 2.05) is 0 Å². The Balaban J connectivity index is 1.92. The molecule has 1 aromatic carbocycles. The van der Waals surface area contributed by atoms with Crippen LogP contribution in [0.1, 0.15) is 23.7 Å². The number of hydrogen-bond donors (Lipinski definition) is 1. The van der Waals surface area contributed by atoms with Crippen LogP contribution in [-0.4, -0.2) is 62.9 Å². The number of methoxy groups -OCH3 is 1. The van der Waals surface area contributed by atoms with E-state index in [4.69, 9.17) is 4.74 Å². The maximum atomic E-state index is 12.3. The highest BCUT2D eigenvalue weighted by atomic mass is 32.2. The minimum Gasteiger partial charge on any atom is -0.497 e. The molecule has 0 radical (unpaired) electrons. The summed E-state index contributed by atoms with van der Waals surface area (Å²) in [6.45, 7) is 2.06. The van der Waals surface area contributed by atoms with Crippen molar-refractivity contribution in [1.29, 1.82) is 0 Å². The highest BCUT2D eigenvalue weighted by Gasteiger charge is 2.33. The number of rotatable bonds is 6. The van der Waals surface area contributed by atoms with Gasteiger partial charge in [-0.15, -0.1) is 0 Å². The van der Waals surface area contributed by atoms with Crippen molar-refractivity contribution in [3.63, 3.8) is 0 Å². The van der Waals surface area contributed by atoms with Crippen molar-refractivity contribution in [2.24, 2.45) is 0 Å². The quantitative estimate of drug-likeness (QED) is 0.801. The smallest absolute Gasteiger partial charge is 0.251 e. The first kappa shape index (κ1) is 18.3. The number of nitrogens with one attached hydrogen (secondary N) is 1. The van der Waals surface area contributed by atoms with Crippen LogP contribution >= 0.6 is 0 Å². The number of sulfone groups is 1. The van der Waals surface area contributed by atoms with Gasteiger partial charge in [0.2, 0.25) is 5.91 Å². The highest BCUT2D eigenvalue weighted by Crippen LogP contribution is 2.17. The molecule has 2 rings (SSSR count). The average molecular weight is 354 g/mol. The molecule has 1 aliphatic rings. The van der Waals surface area contributed by atoms with Crippen molar-refractivity contribution in [3.05, 3.63) is 29.8 Å². The van der Waals surface area contributed by atoms with E-state index in [1.165, 1.54) is 12.0 Å². The number of carbonyl (C=O) groups is 2. The van der Waals surface area contributed by atoms with Gasteiger partial charge in [0, 0.05) is 18.2 Å². The summed E-state index contributed by atoms with van der Waals surface area (Å²) in [6.07, 6.45) is 0.453. The molecule has 1 aliphatic heterocycles. The van der Waals surface area contributed by atoms with Crippen LogP contribution in [0.2, 0.25) is 0 Å². The fourth-order valence-corrected chi connectivity index (χ4v) is 4.49. The summed E-state index contributed by atoms with van der Waals surface area (Å²) in [5, 5.41) is 2.57. The average Bonchev–Trinajstić information content (AvgIpc) is 2.93. The van der Waals surface area contributed by atoms with E-state index in [1.54, 1.807) is 31.2 Å². The van der Waals surface area contributed by atoms with Crippen molar-refractivity contribution >= 4 is 21.7 Å². The van der Waals surface area contributed by atoms with Gasteiger partial charge in [-0.1, -0.05) is 0 Å². The summed E-state index contributed by atoms with van der Waals surface area (Å²) in [5.74, 6) is 0.114. The van der Waals surface area contributed by atoms with Crippen molar-refractivity contribution in [3.8, 4) is 5.75 Å². The van der Waals surface area contributed by atoms with Crippen LogP contribution in [0.3, 0.4) is 0 Å². The predicted molar refractivity (Wildman–Crippen MR) is 89.8 cm³/mol. The van der Waals surface area contributed by atoms with Gasteiger partial charge in [0.05, 0.1) is 25.2 Å². The van der Waals surface area contributed by atoms with Crippen LogP contribution in [0.25, 0.3) is 0 Å². The fourth-order valence-electron chi connectivity index (χ4n) is 2.76. The van der Waals surface area contributed by atoms with E-state index < -0.39 is 9.84 Å². The zero-order valence-electron chi connectivity index (χ0n) is 13.8. The largest absolute Gasteiger partial charge is 0.497 e. The molecule has 7 nitrogen and oxygen atoms in total. The van der Waals surface area contributed by atoms with E-state index >= 15 is 0 Å². The SMILES string of the molecule is CCN(C(=O)CNC(=O)c1ccc(OC)cc1)C1CCS(=O)(=O)C1. The molecule has 0 spiro atoms. The number of carbonyl (C=O) groups excluding carboxylic acids is 2. The standard InChI is InChI=1S/C16H22N2O5S/c1-3-18(13-8-9-24(21,22)11-13)15(19)10-17-16(20)12-4-6-14(23-2)7-5-12/h4-7,13H,3,8-11H2,1-2H3,(H,17,20). The predicted octanol–water partition coefficient (Wildman–Crippen LogP) is 0.461. The molecule has 2 amide bonds. The van der Waals surface area contributed by atoms with Crippen LogP contribution in [0.15, 0.2) is 24.3 Å². The minimum atomic E-state index is -3.06. The van der Waals surface area contributed by atoms with Crippen LogP contribution in [0, 0.1) is 0 Å². The molecule has 1 saturated heterocycles. The summed E-state index contributed by atoms with van der Waals surface area (Å²) >= 11 is 0. The van der Waals surface area contributed by atoms with Gasteiger partial charge in [-0.05, 0) is 37.6 Å². The van der Waals surface area contributed by atoms with Gasteiger partial charge >= 0.3 is 0 Å². The van der Waals surface area contributed by atoms with Crippen molar-refractivity contribution in [2.45, 2.75) is 19.4 Å². The monoisotopic (exact) mass is 354 g/mol. The van der Waals surface area contributed by atoms with Crippen molar-refractivity contribution < 1.29 is 22.7 Å². The molecule has 1 aromatic rings. The Morgan fingerprint density at radius 2 is 1.96 bits per heavy atom. The lowest BCUT2D eigenvalue weighted by molar-refractivity contribution is -0.131. The molecule has 0 saturated carbocycles. The number of hydrogen-bond acceptors (Lipinski definition) is 5. The fraction of sp³-hybridized carbons (Fsp3) is 0.500. The molecule has 1 heterocycles. The Hall–Kier alpha value is -2.09. The molecule has 1 unspecified atom stereocenters. The lowest BCUT2D eigenvalue weighted by Gasteiger charge is -2.27. The molecule has 1 atom stereocenters. The molecule has 1 fully saturated rings. The second-order valence-electron chi connectivity index (χ2n) is 5.65. The number of likely N-dealkylation sites (N-methyl/N-ethyl adjacent to an activating group) is 1. The van der Waals surface area contributed by atoms with Gasteiger partial charge in [-0.3, -0.25) is 9.59 Å². The summed E-state index contributed by atoms with van der Waals surface area (Å²) in [5.41, 5.74) is 0.426. The summed E-state index contributed by atoms with van der Waals surface area (Å²) in [4.78, 5) is 25.9. The lowest BCUT2D eigenvalue weighted by Crippen LogP contribution is -2.46. The molecular weight excluding hydrogens is 332 g/mol. The molecule has 0 aromatic heterocycles. The van der Waals surface area contributed by atoms with Crippen LogP contribution in [0.4, 0.5) is 0 Å². The molecular formula is C16H22N2O5S. The Morgan fingerprint density at radius 3 is 2.46 bits per heavy atom. The Bertz CT molecular complexity index is 700. The van der Waals surface area contributed by atoms with Gasteiger partial charge in [-0.2, -0.15) is 0 Å². The van der Waals surface area contributed by atoms with E-state index in [0.717, 1.165) is 0 Å². The maximum absolute atomic E-state index is 12.3. The second kappa shape index (κ2) is 7.65. The minimum absolute atomic E-state index is 0.000986. The van der Waals surface area contributed by atoms with Gasteiger partial charge in [0.25, 0.3) is 5.91 Å². The summed E-state index contributed by atoms with van der Waals surface area (Å²) in [7, 11) is -1.52. The van der Waals surface area contributed by atoms with Crippen LogP contribution in [-0.2, 0) is 14.6 Å². The number of benzene rings is 1. The molecule has 132 valence electrons. The third-order valence-corrected chi connectivity index (χ3v) is 5.81. The number of amides is 2. The highest BCUT2D eigenvalue weighted by molar-refractivity contribution is 7.91. The number of ether oxygens (including phenoxy) is 1. The van der Waals surface area contributed by atoms with E-state index in [9.17, 15) is 18.0 Å². The maximum Gasteiger partial charge on any atom is 0.251 e. The summed E-state index contributed by atoms with van der Waals surface area (Å²) in [6, 6.07) is 6.25. The van der Waals surface area contributed by atoms with Crippen molar-refractivity contribution in [2.75, 3.05) is 31.7 Å². The van der Waals surface area contributed by atoms with E-state index in [-0.39, 0.29) is 35.9 Å². The number of nitrogens with zero attached hydrogens (tertiary/aromatic N) is 1. The van der Waals surface area contributed by atoms with Gasteiger partial charge < -0.3 is 15.0 Å². The first-order valence-electron chi connectivity index (χ1n) is 7.78. The molecule has 0 aliphatic carbocycles. The summed E-state index contributed by atoms with van der Waals surface area (Å²) < 4.78 is 28.2. The zero-order valence-corrected chi connectivity index (χ0v) is 14.6. The lowest BCUT2D eigenvalue weighted by atomic mass is 10.2. The van der Waals surface area contributed by atoms with E-state index in [2.05, 4.69) is 5.32 Å². The van der Waals surface area contributed by atoms with Gasteiger partial charge in [0.15, 0.2) is 9.84 Å². The first-order chi connectivity index (χ1) is 11.4. The molecule has 8 heteroatoms.